The van der Waals surface area contributed by atoms with Crippen molar-refractivity contribution in [3.63, 3.8) is 0 Å². The lowest BCUT2D eigenvalue weighted by Gasteiger charge is -2.18. The lowest BCUT2D eigenvalue weighted by atomic mass is 10.1. The van der Waals surface area contributed by atoms with Gasteiger partial charge < -0.3 is 23.7 Å². The zero-order chi connectivity index (χ0) is 16.4. The topological polar surface area (TPSA) is 46.2 Å². The molecule has 7 heteroatoms. The van der Waals surface area contributed by atoms with Crippen LogP contribution < -0.4 is 23.7 Å². The second-order valence-corrected chi connectivity index (χ2v) is 6.79. The predicted molar refractivity (Wildman–Crippen MR) is 92.2 cm³/mol. The SMILES string of the molecule is COc1cc(-c2sc(SC)c3c2OCCO3)cc(OC)c1OC. The number of thiophene rings is 1. The van der Waals surface area contributed by atoms with Crippen molar-refractivity contribution >= 4 is 23.1 Å². The molecule has 1 aliphatic heterocycles. The monoisotopic (exact) mass is 354 g/mol. The maximum absolute atomic E-state index is 5.85. The van der Waals surface area contributed by atoms with Crippen molar-refractivity contribution in [2.24, 2.45) is 0 Å². The van der Waals surface area contributed by atoms with E-state index in [0.29, 0.717) is 30.5 Å². The summed E-state index contributed by atoms with van der Waals surface area (Å²) in [5.74, 6) is 3.43. The van der Waals surface area contributed by atoms with E-state index in [2.05, 4.69) is 0 Å². The van der Waals surface area contributed by atoms with Gasteiger partial charge in [0.15, 0.2) is 23.0 Å². The quantitative estimate of drug-likeness (QED) is 0.758. The van der Waals surface area contributed by atoms with Gasteiger partial charge in [0.25, 0.3) is 0 Å². The Balaban J connectivity index is 2.17. The Kier molecular flexibility index (Phi) is 4.77. The molecule has 1 aromatic heterocycles. The maximum atomic E-state index is 5.85. The molecule has 2 heterocycles. The fourth-order valence-electron chi connectivity index (χ4n) is 2.46. The third-order valence-electron chi connectivity index (χ3n) is 3.48. The fraction of sp³-hybridized carbons (Fsp3) is 0.375. The average Bonchev–Trinajstić information content (AvgIpc) is 2.99. The summed E-state index contributed by atoms with van der Waals surface area (Å²) >= 11 is 3.29. The molecule has 0 spiro atoms. The molecule has 0 atom stereocenters. The Morgan fingerprint density at radius 2 is 1.57 bits per heavy atom. The Labute approximate surface area is 143 Å². The third-order valence-corrected chi connectivity index (χ3v) is 5.78. The van der Waals surface area contributed by atoms with E-state index < -0.39 is 0 Å². The number of thioether (sulfide) groups is 1. The molecule has 0 unspecified atom stereocenters. The lowest BCUT2D eigenvalue weighted by molar-refractivity contribution is 0.170. The van der Waals surface area contributed by atoms with Crippen LogP contribution in [0.3, 0.4) is 0 Å². The zero-order valence-corrected chi connectivity index (χ0v) is 15.1. The maximum Gasteiger partial charge on any atom is 0.203 e. The predicted octanol–water partition coefficient (Wildman–Crippen LogP) is 3.93. The van der Waals surface area contributed by atoms with E-state index in [-0.39, 0.29) is 0 Å². The second kappa shape index (κ2) is 6.80. The molecule has 0 bridgehead atoms. The Bertz CT molecular complexity index is 686. The van der Waals surface area contributed by atoms with Gasteiger partial charge in [-0.2, -0.15) is 0 Å². The molecule has 3 rings (SSSR count). The van der Waals surface area contributed by atoms with E-state index >= 15 is 0 Å². The minimum Gasteiger partial charge on any atom is -0.493 e. The van der Waals surface area contributed by atoms with E-state index in [0.717, 1.165) is 26.1 Å². The van der Waals surface area contributed by atoms with E-state index in [4.69, 9.17) is 23.7 Å². The smallest absolute Gasteiger partial charge is 0.203 e. The van der Waals surface area contributed by atoms with E-state index in [1.54, 1.807) is 44.4 Å². The summed E-state index contributed by atoms with van der Waals surface area (Å²) in [6.45, 7) is 1.13. The van der Waals surface area contributed by atoms with Gasteiger partial charge in [0, 0.05) is 5.56 Å². The largest absolute Gasteiger partial charge is 0.493 e. The first-order valence-corrected chi connectivity index (χ1v) is 9.04. The standard InChI is InChI=1S/C16H18O5S2/c1-17-10-7-9(8-11(18-2)12(10)19-3)15-13-14(16(22-4)23-15)21-6-5-20-13/h7-8H,5-6H2,1-4H3. The highest BCUT2D eigenvalue weighted by Crippen LogP contribution is 2.54. The van der Waals surface area contributed by atoms with Gasteiger partial charge in [-0.1, -0.05) is 0 Å². The number of ether oxygens (including phenoxy) is 5. The molecule has 23 heavy (non-hydrogen) atoms. The molecule has 0 amide bonds. The van der Waals surface area contributed by atoms with Crippen LogP contribution in [0.25, 0.3) is 10.4 Å². The second-order valence-electron chi connectivity index (χ2n) is 4.69. The normalized spacial score (nSPS) is 12.9. The first-order chi connectivity index (χ1) is 11.2. The zero-order valence-electron chi connectivity index (χ0n) is 13.4. The van der Waals surface area contributed by atoms with Crippen molar-refractivity contribution in [3.05, 3.63) is 12.1 Å². The Hall–Kier alpha value is -1.73. The number of hydrogen-bond donors (Lipinski definition) is 0. The van der Waals surface area contributed by atoms with Crippen LogP contribution in [0.4, 0.5) is 0 Å². The van der Waals surface area contributed by atoms with Gasteiger partial charge >= 0.3 is 0 Å². The number of hydrogen-bond acceptors (Lipinski definition) is 7. The van der Waals surface area contributed by atoms with Gasteiger partial charge in [0.1, 0.15) is 17.4 Å². The van der Waals surface area contributed by atoms with Crippen molar-refractivity contribution in [1.29, 1.82) is 0 Å². The molecular weight excluding hydrogens is 336 g/mol. The number of fused-ring (bicyclic) bond motifs is 1. The summed E-state index contributed by atoms with van der Waals surface area (Å²) < 4.78 is 29.0. The summed E-state index contributed by atoms with van der Waals surface area (Å²) in [7, 11) is 4.81. The van der Waals surface area contributed by atoms with Gasteiger partial charge in [-0.15, -0.1) is 23.1 Å². The van der Waals surface area contributed by atoms with Crippen LogP contribution in [0.2, 0.25) is 0 Å². The van der Waals surface area contributed by atoms with Crippen molar-refractivity contribution in [1.82, 2.24) is 0 Å². The molecule has 0 radical (unpaired) electrons. The van der Waals surface area contributed by atoms with Gasteiger partial charge in [0.05, 0.1) is 26.2 Å². The van der Waals surface area contributed by atoms with Crippen LogP contribution in [0.5, 0.6) is 28.7 Å². The van der Waals surface area contributed by atoms with Crippen LogP contribution >= 0.6 is 23.1 Å². The summed E-state index contributed by atoms with van der Waals surface area (Å²) in [5.41, 5.74) is 0.951. The Morgan fingerprint density at radius 1 is 0.957 bits per heavy atom. The highest BCUT2D eigenvalue weighted by molar-refractivity contribution is 8.00. The highest BCUT2D eigenvalue weighted by Gasteiger charge is 2.26. The van der Waals surface area contributed by atoms with Crippen molar-refractivity contribution < 1.29 is 23.7 Å². The first-order valence-electron chi connectivity index (χ1n) is 7.00. The van der Waals surface area contributed by atoms with Gasteiger partial charge in [-0.25, -0.2) is 0 Å². The molecule has 1 aromatic carbocycles. The fourth-order valence-corrected chi connectivity index (χ4v) is 4.29. The van der Waals surface area contributed by atoms with Gasteiger partial charge in [0.2, 0.25) is 5.75 Å². The summed E-state index contributed by atoms with van der Waals surface area (Å²) in [6.07, 6.45) is 2.03. The molecule has 0 saturated carbocycles. The van der Waals surface area contributed by atoms with E-state index in [1.165, 1.54) is 0 Å². The molecule has 0 saturated heterocycles. The highest BCUT2D eigenvalue weighted by atomic mass is 32.2. The van der Waals surface area contributed by atoms with Crippen LogP contribution in [0.1, 0.15) is 0 Å². The molecular formula is C16H18O5S2. The number of methoxy groups -OCH3 is 3. The van der Waals surface area contributed by atoms with E-state index in [1.807, 2.05) is 18.4 Å². The molecule has 0 N–H and O–H groups in total. The molecule has 0 aliphatic carbocycles. The van der Waals surface area contributed by atoms with Crippen LogP contribution in [0.15, 0.2) is 16.3 Å². The van der Waals surface area contributed by atoms with E-state index in [9.17, 15) is 0 Å². The van der Waals surface area contributed by atoms with Gasteiger partial charge in [-0.05, 0) is 18.4 Å². The van der Waals surface area contributed by atoms with Crippen LogP contribution in [-0.4, -0.2) is 40.8 Å². The molecule has 0 fully saturated rings. The molecule has 2 aromatic rings. The van der Waals surface area contributed by atoms with Crippen LogP contribution in [-0.2, 0) is 0 Å². The van der Waals surface area contributed by atoms with Crippen LogP contribution in [0, 0.1) is 0 Å². The summed E-state index contributed by atoms with van der Waals surface area (Å²) in [4.78, 5) is 1.00. The average molecular weight is 354 g/mol. The summed E-state index contributed by atoms with van der Waals surface area (Å²) in [6, 6.07) is 3.85. The third kappa shape index (κ3) is 2.79. The minimum absolute atomic E-state index is 0.551. The molecule has 5 nitrogen and oxygen atoms in total. The van der Waals surface area contributed by atoms with Crippen molar-refractivity contribution in [2.45, 2.75) is 4.21 Å². The van der Waals surface area contributed by atoms with Crippen molar-refractivity contribution in [2.75, 3.05) is 40.8 Å². The number of benzene rings is 1. The number of rotatable bonds is 5. The molecule has 124 valence electrons. The first kappa shape index (κ1) is 16.1. The summed E-state index contributed by atoms with van der Waals surface area (Å²) in [5, 5.41) is 0. The Morgan fingerprint density at radius 3 is 2.09 bits per heavy atom. The van der Waals surface area contributed by atoms with Gasteiger partial charge in [-0.3, -0.25) is 0 Å². The lowest BCUT2D eigenvalue weighted by Crippen LogP contribution is -2.14. The minimum atomic E-state index is 0.551. The molecule has 1 aliphatic rings. The van der Waals surface area contributed by atoms with Crippen molar-refractivity contribution in [3.8, 4) is 39.2 Å².